The molecule has 2 rings (SSSR count). The molecule has 0 radical (unpaired) electrons. The summed E-state index contributed by atoms with van der Waals surface area (Å²) in [6.45, 7) is 1.85. The summed E-state index contributed by atoms with van der Waals surface area (Å²) in [5, 5.41) is 11.1. The van der Waals surface area contributed by atoms with E-state index in [1.54, 1.807) is 0 Å². The maximum absolute atomic E-state index is 10.5. The van der Waals surface area contributed by atoms with Crippen LogP contribution in [-0.2, 0) is 4.79 Å². The Bertz CT molecular complexity index is 532. The summed E-state index contributed by atoms with van der Waals surface area (Å²) in [7, 11) is 0. The van der Waals surface area contributed by atoms with Crippen LogP contribution in [0, 0.1) is 6.92 Å². The van der Waals surface area contributed by atoms with Crippen LogP contribution >= 0.6 is 11.3 Å². The van der Waals surface area contributed by atoms with Crippen molar-refractivity contribution >= 4 is 17.3 Å². The monoisotopic (exact) mass is 252 g/mol. The molecule has 0 fully saturated rings. The van der Waals surface area contributed by atoms with Gasteiger partial charge >= 0.3 is 5.97 Å². The van der Waals surface area contributed by atoms with Gasteiger partial charge in [0.25, 0.3) is 0 Å². The summed E-state index contributed by atoms with van der Waals surface area (Å²) in [5.74, 6) is 0.556. The van der Waals surface area contributed by atoms with Crippen molar-refractivity contribution in [3.63, 3.8) is 0 Å². The third-order valence-corrected chi connectivity index (χ3v) is 3.20. The maximum atomic E-state index is 10.5. The van der Waals surface area contributed by atoms with Gasteiger partial charge in [-0.2, -0.15) is 0 Å². The highest BCUT2D eigenvalue weighted by Gasteiger charge is 2.16. The van der Waals surface area contributed by atoms with E-state index in [2.05, 4.69) is 4.98 Å². The highest BCUT2D eigenvalue weighted by atomic mass is 32.1. The lowest BCUT2D eigenvalue weighted by Crippen LogP contribution is -2.14. The number of nitrogens with zero attached hydrogens (tertiary/aromatic N) is 1. The average molecular weight is 252 g/mol. The SMILES string of the molecule is Cc1ccc(-c2csc(C(N)CC(=O)O)n2)o1. The summed E-state index contributed by atoms with van der Waals surface area (Å²) in [6.07, 6.45) is -0.121. The van der Waals surface area contributed by atoms with Gasteiger partial charge in [0.15, 0.2) is 5.76 Å². The van der Waals surface area contributed by atoms with Crippen molar-refractivity contribution < 1.29 is 14.3 Å². The minimum atomic E-state index is -0.928. The van der Waals surface area contributed by atoms with Crippen molar-refractivity contribution in [2.24, 2.45) is 5.73 Å². The fraction of sp³-hybridized carbons (Fsp3) is 0.273. The number of carboxylic acids is 1. The molecule has 17 heavy (non-hydrogen) atoms. The number of carboxylic acid groups (broad SMARTS) is 1. The molecule has 1 unspecified atom stereocenters. The Balaban J connectivity index is 2.18. The molecule has 2 heterocycles. The summed E-state index contributed by atoms with van der Waals surface area (Å²) in [4.78, 5) is 14.8. The van der Waals surface area contributed by atoms with Gasteiger partial charge in [-0.3, -0.25) is 4.79 Å². The summed E-state index contributed by atoms with van der Waals surface area (Å²) < 4.78 is 5.43. The van der Waals surface area contributed by atoms with Gasteiger partial charge in [0.2, 0.25) is 0 Å². The molecular formula is C11H12N2O3S. The van der Waals surface area contributed by atoms with Crippen molar-refractivity contribution in [1.29, 1.82) is 0 Å². The highest BCUT2D eigenvalue weighted by Crippen LogP contribution is 2.27. The molecule has 0 saturated carbocycles. The van der Waals surface area contributed by atoms with Crippen molar-refractivity contribution in [1.82, 2.24) is 4.98 Å². The average Bonchev–Trinajstić information content (AvgIpc) is 2.84. The minimum absolute atomic E-state index is 0.121. The fourth-order valence-corrected chi connectivity index (χ4v) is 2.23. The third-order valence-electron chi connectivity index (χ3n) is 2.23. The van der Waals surface area contributed by atoms with Gasteiger partial charge in [-0.05, 0) is 19.1 Å². The molecule has 0 amide bonds. The molecule has 0 aliphatic heterocycles. The molecule has 90 valence electrons. The first-order valence-corrected chi connectivity index (χ1v) is 5.94. The maximum Gasteiger partial charge on any atom is 0.305 e. The zero-order chi connectivity index (χ0) is 12.4. The van der Waals surface area contributed by atoms with Crippen LogP contribution in [0.2, 0.25) is 0 Å². The molecule has 0 aliphatic carbocycles. The van der Waals surface area contributed by atoms with E-state index in [4.69, 9.17) is 15.3 Å². The van der Waals surface area contributed by atoms with Gasteiger partial charge in [-0.15, -0.1) is 11.3 Å². The van der Waals surface area contributed by atoms with E-state index in [1.807, 2.05) is 24.4 Å². The van der Waals surface area contributed by atoms with Gasteiger partial charge in [0.05, 0.1) is 12.5 Å². The number of rotatable bonds is 4. The number of nitrogens with two attached hydrogens (primary N) is 1. The Hall–Kier alpha value is -1.66. The first-order chi connectivity index (χ1) is 8.06. The Morgan fingerprint density at radius 2 is 2.41 bits per heavy atom. The van der Waals surface area contributed by atoms with Crippen molar-refractivity contribution in [3.05, 3.63) is 28.3 Å². The van der Waals surface area contributed by atoms with Gasteiger partial charge in [-0.25, -0.2) is 4.98 Å². The van der Waals surface area contributed by atoms with Gasteiger partial charge < -0.3 is 15.3 Å². The molecule has 3 N–H and O–H groups in total. The van der Waals surface area contributed by atoms with E-state index in [9.17, 15) is 4.79 Å². The van der Waals surface area contributed by atoms with E-state index in [1.165, 1.54) is 11.3 Å². The lowest BCUT2D eigenvalue weighted by atomic mass is 10.2. The van der Waals surface area contributed by atoms with Crippen molar-refractivity contribution in [2.45, 2.75) is 19.4 Å². The highest BCUT2D eigenvalue weighted by molar-refractivity contribution is 7.10. The molecule has 0 bridgehead atoms. The standard InChI is InChI=1S/C11H12N2O3S/c1-6-2-3-9(16-6)8-5-17-11(13-8)7(12)4-10(14)15/h2-3,5,7H,4,12H2,1H3,(H,14,15). The Kier molecular flexibility index (Phi) is 3.26. The molecule has 0 aliphatic rings. The van der Waals surface area contributed by atoms with Crippen LogP contribution in [0.1, 0.15) is 23.2 Å². The number of aliphatic carboxylic acids is 1. The predicted octanol–water partition coefficient (Wildman–Crippen LogP) is 2.19. The van der Waals surface area contributed by atoms with Crippen molar-refractivity contribution in [2.75, 3.05) is 0 Å². The number of hydrogen-bond acceptors (Lipinski definition) is 5. The number of hydrogen-bond donors (Lipinski definition) is 2. The predicted molar refractivity (Wildman–Crippen MR) is 63.7 cm³/mol. The smallest absolute Gasteiger partial charge is 0.305 e. The minimum Gasteiger partial charge on any atom is -0.481 e. The van der Waals surface area contributed by atoms with Crippen LogP contribution in [0.5, 0.6) is 0 Å². The molecule has 1 atom stereocenters. The molecule has 6 heteroatoms. The fourth-order valence-electron chi connectivity index (χ4n) is 1.42. The lowest BCUT2D eigenvalue weighted by Gasteiger charge is -2.03. The molecule has 0 aromatic carbocycles. The molecule has 5 nitrogen and oxygen atoms in total. The zero-order valence-corrected chi connectivity index (χ0v) is 10.0. The quantitative estimate of drug-likeness (QED) is 0.870. The number of thiazole rings is 1. The van der Waals surface area contributed by atoms with Crippen LogP contribution < -0.4 is 5.73 Å². The number of aryl methyl sites for hydroxylation is 1. The third kappa shape index (κ3) is 2.72. The molecular weight excluding hydrogens is 240 g/mol. The van der Waals surface area contributed by atoms with Crippen LogP contribution in [0.25, 0.3) is 11.5 Å². The van der Waals surface area contributed by atoms with Crippen molar-refractivity contribution in [3.8, 4) is 11.5 Å². The molecule has 0 spiro atoms. The zero-order valence-electron chi connectivity index (χ0n) is 9.21. The molecule has 0 saturated heterocycles. The first-order valence-electron chi connectivity index (χ1n) is 5.06. The van der Waals surface area contributed by atoms with E-state index in [-0.39, 0.29) is 6.42 Å². The van der Waals surface area contributed by atoms with Gasteiger partial charge in [-0.1, -0.05) is 0 Å². The number of furan rings is 1. The van der Waals surface area contributed by atoms with Crippen LogP contribution in [0.15, 0.2) is 21.9 Å². The Labute approximate surface area is 102 Å². The first kappa shape index (κ1) is 11.8. The van der Waals surface area contributed by atoms with Gasteiger partial charge in [0.1, 0.15) is 16.5 Å². The van der Waals surface area contributed by atoms with Crippen LogP contribution in [0.4, 0.5) is 0 Å². The summed E-state index contributed by atoms with van der Waals surface area (Å²) >= 11 is 1.34. The second-order valence-electron chi connectivity index (χ2n) is 3.69. The van der Waals surface area contributed by atoms with Crippen LogP contribution in [-0.4, -0.2) is 16.1 Å². The lowest BCUT2D eigenvalue weighted by molar-refractivity contribution is -0.137. The molecule has 2 aromatic heterocycles. The second-order valence-corrected chi connectivity index (χ2v) is 4.58. The summed E-state index contributed by atoms with van der Waals surface area (Å²) in [5.41, 5.74) is 6.42. The topological polar surface area (TPSA) is 89.4 Å². The second kappa shape index (κ2) is 4.68. The van der Waals surface area contributed by atoms with E-state index in [0.29, 0.717) is 16.5 Å². The largest absolute Gasteiger partial charge is 0.481 e. The van der Waals surface area contributed by atoms with Gasteiger partial charge in [0, 0.05) is 5.38 Å². The molecule has 2 aromatic rings. The van der Waals surface area contributed by atoms with E-state index in [0.717, 1.165) is 5.76 Å². The van der Waals surface area contributed by atoms with Crippen LogP contribution in [0.3, 0.4) is 0 Å². The normalized spacial score (nSPS) is 12.6. The van der Waals surface area contributed by atoms with E-state index < -0.39 is 12.0 Å². The Morgan fingerprint density at radius 1 is 1.65 bits per heavy atom. The Morgan fingerprint density at radius 3 is 3.00 bits per heavy atom. The van der Waals surface area contributed by atoms with E-state index >= 15 is 0 Å². The summed E-state index contributed by atoms with van der Waals surface area (Å²) in [6, 6.07) is 3.12. The number of carbonyl (C=O) groups is 1. The number of aromatic nitrogens is 1.